The maximum Gasteiger partial charge on any atom is 0.323 e. The Morgan fingerprint density at radius 3 is 2.21 bits per heavy atom. The van der Waals surface area contributed by atoms with Crippen LogP contribution in [0.3, 0.4) is 0 Å². The highest BCUT2D eigenvalue weighted by Crippen LogP contribution is 2.23. The Hall–Kier alpha value is -3.59. The number of rotatable bonds is 5. The number of carbonyl (C=O) groups excluding carboxylic acids is 3. The van der Waals surface area contributed by atoms with Crippen LogP contribution >= 0.6 is 0 Å². The molecule has 1 aliphatic heterocycles. The second-order valence-corrected chi connectivity index (χ2v) is 8.71. The Balaban J connectivity index is 1.53. The molecule has 9 heteroatoms. The molecule has 9 nitrogen and oxygen atoms in total. The smallest absolute Gasteiger partial charge is 0.323 e. The zero-order chi connectivity index (χ0) is 24.1. The first kappa shape index (κ1) is 23.6. The molecule has 2 aliphatic rings. The lowest BCUT2D eigenvalue weighted by atomic mass is 9.92. The molecule has 4 rings (SSSR count). The number of hydrogen-bond acceptors (Lipinski definition) is 5. The fraction of sp³-hybridized carbons (Fsp3) is 0.400. The summed E-state index contributed by atoms with van der Waals surface area (Å²) >= 11 is 0. The van der Waals surface area contributed by atoms with Gasteiger partial charge in [0.2, 0.25) is 0 Å². The molecule has 4 N–H and O–H groups in total. The van der Waals surface area contributed by atoms with Gasteiger partial charge in [-0.2, -0.15) is 0 Å². The van der Waals surface area contributed by atoms with Crippen LogP contribution in [0.1, 0.15) is 36.0 Å². The van der Waals surface area contributed by atoms with Crippen LogP contribution < -0.4 is 21.1 Å². The lowest BCUT2D eigenvalue weighted by molar-refractivity contribution is -0.128. The Morgan fingerprint density at radius 1 is 0.912 bits per heavy atom. The Labute approximate surface area is 199 Å². The number of nitrogens with two attached hydrogens (primary N) is 1. The molecule has 0 spiro atoms. The molecule has 2 fully saturated rings. The SMILES string of the molecule is COc1ccc(NC(=O)N2CCN(C(=O)c3ccccc3)C2C(=O)NC2CCC(N)CC2)cc1. The second kappa shape index (κ2) is 10.6. The van der Waals surface area contributed by atoms with E-state index in [9.17, 15) is 14.4 Å². The minimum atomic E-state index is -1.04. The topological polar surface area (TPSA) is 117 Å². The van der Waals surface area contributed by atoms with Crippen LogP contribution in [0.25, 0.3) is 0 Å². The Kier molecular flexibility index (Phi) is 7.32. The van der Waals surface area contributed by atoms with Gasteiger partial charge in [-0.15, -0.1) is 0 Å². The van der Waals surface area contributed by atoms with Crippen molar-refractivity contribution in [2.24, 2.45) is 5.73 Å². The van der Waals surface area contributed by atoms with Crippen LogP contribution in [0.15, 0.2) is 54.6 Å². The quantitative estimate of drug-likeness (QED) is 0.627. The summed E-state index contributed by atoms with van der Waals surface area (Å²) in [5, 5.41) is 5.88. The molecule has 1 saturated carbocycles. The first-order valence-electron chi connectivity index (χ1n) is 11.6. The monoisotopic (exact) mass is 465 g/mol. The molecule has 4 amide bonds. The van der Waals surface area contributed by atoms with Gasteiger partial charge in [0.15, 0.2) is 6.17 Å². The van der Waals surface area contributed by atoms with Crippen molar-refractivity contribution in [3.05, 3.63) is 60.2 Å². The van der Waals surface area contributed by atoms with E-state index in [1.807, 2.05) is 6.07 Å². The first-order chi connectivity index (χ1) is 16.5. The van der Waals surface area contributed by atoms with Crippen LogP contribution in [0.4, 0.5) is 10.5 Å². The number of ether oxygens (including phenoxy) is 1. The molecule has 1 heterocycles. The lowest BCUT2D eigenvalue weighted by Gasteiger charge is -2.32. The molecule has 1 saturated heterocycles. The van der Waals surface area contributed by atoms with E-state index in [-0.39, 0.29) is 37.0 Å². The molecule has 0 aromatic heterocycles. The summed E-state index contributed by atoms with van der Waals surface area (Å²) in [6.45, 7) is 0.506. The van der Waals surface area contributed by atoms with Gasteiger partial charge in [-0.1, -0.05) is 18.2 Å². The molecule has 0 radical (unpaired) electrons. The summed E-state index contributed by atoms with van der Waals surface area (Å²) in [5.74, 6) is 0.0292. The van der Waals surface area contributed by atoms with E-state index in [1.54, 1.807) is 55.6 Å². The normalized spacial score (nSPS) is 22.2. The van der Waals surface area contributed by atoms with E-state index in [4.69, 9.17) is 10.5 Å². The average molecular weight is 466 g/mol. The standard InChI is InChI=1S/C25H31N5O4/c1-34-21-13-11-20(12-14-21)28-25(33)30-16-15-29(24(32)17-5-3-2-4-6-17)23(30)22(31)27-19-9-7-18(26)8-10-19/h2-6,11-14,18-19,23H,7-10,15-16,26H2,1H3,(H,27,31)(H,28,33). The van der Waals surface area contributed by atoms with Crippen molar-refractivity contribution in [3.63, 3.8) is 0 Å². The zero-order valence-corrected chi connectivity index (χ0v) is 19.3. The summed E-state index contributed by atoms with van der Waals surface area (Å²) in [6.07, 6.45) is 2.20. The maximum absolute atomic E-state index is 13.4. The van der Waals surface area contributed by atoms with E-state index in [1.165, 1.54) is 9.80 Å². The largest absolute Gasteiger partial charge is 0.497 e. The molecule has 2 aromatic carbocycles. The number of carbonyl (C=O) groups is 3. The van der Waals surface area contributed by atoms with Crippen molar-refractivity contribution < 1.29 is 19.1 Å². The van der Waals surface area contributed by atoms with Crippen molar-refractivity contribution in [1.82, 2.24) is 15.1 Å². The summed E-state index contributed by atoms with van der Waals surface area (Å²) in [7, 11) is 1.57. The number of anilines is 1. The number of nitrogens with one attached hydrogen (secondary N) is 2. The number of amides is 4. The number of nitrogens with zero attached hydrogens (tertiary/aromatic N) is 2. The van der Waals surface area contributed by atoms with Gasteiger partial charge in [-0.3, -0.25) is 14.5 Å². The summed E-state index contributed by atoms with van der Waals surface area (Å²) in [6, 6.07) is 15.4. The lowest BCUT2D eigenvalue weighted by Crippen LogP contribution is -2.56. The number of methoxy groups -OCH3 is 1. The van der Waals surface area contributed by atoms with Gasteiger partial charge in [-0.05, 0) is 62.1 Å². The van der Waals surface area contributed by atoms with Gasteiger partial charge in [0.05, 0.1) is 7.11 Å². The van der Waals surface area contributed by atoms with Crippen molar-refractivity contribution in [2.45, 2.75) is 43.9 Å². The van der Waals surface area contributed by atoms with Crippen molar-refractivity contribution >= 4 is 23.5 Å². The van der Waals surface area contributed by atoms with Crippen molar-refractivity contribution in [3.8, 4) is 5.75 Å². The molecule has 1 atom stereocenters. The molecular formula is C25H31N5O4. The van der Waals surface area contributed by atoms with Gasteiger partial charge in [0, 0.05) is 36.4 Å². The summed E-state index contributed by atoms with van der Waals surface area (Å²) < 4.78 is 5.16. The maximum atomic E-state index is 13.4. The van der Waals surface area contributed by atoms with Gasteiger partial charge < -0.3 is 26.0 Å². The van der Waals surface area contributed by atoms with E-state index < -0.39 is 12.2 Å². The third-order valence-corrected chi connectivity index (χ3v) is 6.41. The van der Waals surface area contributed by atoms with Crippen LogP contribution in [0, 0.1) is 0 Å². The highest BCUT2D eigenvalue weighted by Gasteiger charge is 2.43. The fourth-order valence-electron chi connectivity index (χ4n) is 4.49. The third kappa shape index (κ3) is 5.31. The van der Waals surface area contributed by atoms with E-state index >= 15 is 0 Å². The van der Waals surface area contributed by atoms with Crippen molar-refractivity contribution in [1.29, 1.82) is 0 Å². The molecular weight excluding hydrogens is 434 g/mol. The van der Waals surface area contributed by atoms with Gasteiger partial charge in [0.1, 0.15) is 5.75 Å². The molecule has 0 bridgehead atoms. The highest BCUT2D eigenvalue weighted by molar-refractivity contribution is 6.00. The van der Waals surface area contributed by atoms with E-state index in [0.717, 1.165) is 25.7 Å². The Morgan fingerprint density at radius 2 is 1.56 bits per heavy atom. The molecule has 34 heavy (non-hydrogen) atoms. The van der Waals surface area contributed by atoms with E-state index in [2.05, 4.69) is 10.6 Å². The van der Waals surface area contributed by atoms with Crippen molar-refractivity contribution in [2.75, 3.05) is 25.5 Å². The third-order valence-electron chi connectivity index (χ3n) is 6.41. The van der Waals surface area contributed by atoms with Crippen LogP contribution in [0.2, 0.25) is 0 Å². The van der Waals surface area contributed by atoms with Crippen LogP contribution in [0.5, 0.6) is 5.75 Å². The van der Waals surface area contributed by atoms with Gasteiger partial charge in [-0.25, -0.2) is 4.79 Å². The molecule has 1 unspecified atom stereocenters. The van der Waals surface area contributed by atoms with E-state index in [0.29, 0.717) is 17.0 Å². The molecule has 180 valence electrons. The predicted octanol–water partition coefficient (Wildman–Crippen LogP) is 2.40. The first-order valence-corrected chi connectivity index (χ1v) is 11.6. The second-order valence-electron chi connectivity index (χ2n) is 8.71. The summed E-state index contributed by atoms with van der Waals surface area (Å²) in [5.41, 5.74) is 7.04. The highest BCUT2D eigenvalue weighted by atomic mass is 16.5. The predicted molar refractivity (Wildman–Crippen MR) is 128 cm³/mol. The minimum Gasteiger partial charge on any atom is -0.497 e. The van der Waals surface area contributed by atoms with Crippen LogP contribution in [-0.2, 0) is 4.79 Å². The zero-order valence-electron chi connectivity index (χ0n) is 19.3. The number of hydrogen-bond donors (Lipinski definition) is 3. The summed E-state index contributed by atoms with van der Waals surface area (Å²) in [4.78, 5) is 42.7. The number of urea groups is 1. The van der Waals surface area contributed by atoms with Gasteiger partial charge >= 0.3 is 6.03 Å². The van der Waals surface area contributed by atoms with Gasteiger partial charge in [0.25, 0.3) is 11.8 Å². The fourth-order valence-corrected chi connectivity index (χ4v) is 4.49. The molecule has 2 aromatic rings. The number of benzene rings is 2. The average Bonchev–Trinajstić information content (AvgIpc) is 3.31. The minimum absolute atomic E-state index is 0.0203. The Bertz CT molecular complexity index is 1010. The van der Waals surface area contributed by atoms with Crippen LogP contribution in [-0.4, -0.2) is 66.1 Å². The molecule has 1 aliphatic carbocycles.